The Morgan fingerprint density at radius 2 is 2.26 bits per heavy atom. The highest BCUT2D eigenvalue weighted by Gasteiger charge is 2.34. The second-order valence-electron chi connectivity index (χ2n) is 6.23. The molecule has 0 spiro atoms. The maximum Gasteiger partial charge on any atom is 0.275 e. The molecule has 2 atom stereocenters. The molecule has 0 radical (unpaired) electrons. The summed E-state index contributed by atoms with van der Waals surface area (Å²) in [5.74, 6) is -0.444. The maximum absolute atomic E-state index is 12.4. The summed E-state index contributed by atoms with van der Waals surface area (Å²) in [6.07, 6.45) is 4.79. The number of rotatable bonds is 5. The number of hydrogen-bond acceptors (Lipinski definition) is 8. The third-order valence-corrected chi connectivity index (χ3v) is 4.90. The van der Waals surface area contributed by atoms with Crippen LogP contribution in [0, 0.1) is 0 Å². The lowest BCUT2D eigenvalue weighted by Crippen LogP contribution is -2.33. The summed E-state index contributed by atoms with van der Waals surface area (Å²) in [7, 11) is 0. The molecule has 0 saturated carbocycles. The number of alkyl halides is 1. The molecular weight excluding hydrogens is 371 g/mol. The molecule has 1 aliphatic rings. The zero-order valence-electron chi connectivity index (χ0n) is 14.8. The number of aliphatic imine (C=N–C) groups is 1. The number of amides is 1. The van der Waals surface area contributed by atoms with Crippen molar-refractivity contribution in [3.8, 4) is 5.88 Å². The quantitative estimate of drug-likeness (QED) is 0.806. The van der Waals surface area contributed by atoms with E-state index in [4.69, 9.17) is 5.73 Å². The van der Waals surface area contributed by atoms with Crippen LogP contribution in [0.3, 0.4) is 0 Å². The number of anilines is 1. The monoisotopic (exact) mass is 390 g/mol. The van der Waals surface area contributed by atoms with Crippen molar-refractivity contribution < 1.29 is 13.9 Å². The summed E-state index contributed by atoms with van der Waals surface area (Å²) in [4.78, 5) is 29.1. The van der Waals surface area contributed by atoms with Gasteiger partial charge in [0.05, 0.1) is 18.1 Å². The van der Waals surface area contributed by atoms with Crippen molar-refractivity contribution >= 4 is 28.5 Å². The van der Waals surface area contributed by atoms with Gasteiger partial charge in [-0.3, -0.25) is 9.78 Å². The standard InChI is InChI=1S/C17H19FN6O2S/c1-10-6-17(2,24-16(19)27-10)13-5-11(3-4-20-13)23-15(25)12-7-22-14(8-21-12)26-9-18/h3-5,7-8,10H,6,9H2,1-2H3,(H2,19,24)(H,20,23,25)/t10-,17+/m1/s1. The van der Waals surface area contributed by atoms with Gasteiger partial charge in [-0.05, 0) is 25.5 Å². The molecule has 3 rings (SSSR count). The molecule has 0 fully saturated rings. The number of halogens is 1. The molecular formula is C17H19FN6O2S. The minimum Gasteiger partial charge on any atom is -0.445 e. The van der Waals surface area contributed by atoms with Crippen molar-refractivity contribution in [2.75, 3.05) is 12.2 Å². The molecule has 0 bridgehead atoms. The highest BCUT2D eigenvalue weighted by molar-refractivity contribution is 8.14. The predicted molar refractivity (Wildman–Crippen MR) is 101 cm³/mol. The van der Waals surface area contributed by atoms with Crippen LogP contribution in [-0.4, -0.2) is 38.1 Å². The summed E-state index contributed by atoms with van der Waals surface area (Å²) < 4.78 is 16.7. The van der Waals surface area contributed by atoms with E-state index in [2.05, 4.69) is 36.9 Å². The molecule has 0 aromatic carbocycles. The zero-order valence-corrected chi connectivity index (χ0v) is 15.7. The number of ether oxygens (including phenoxy) is 1. The fraction of sp³-hybridized carbons (Fsp3) is 0.353. The average molecular weight is 390 g/mol. The molecule has 2 aromatic rings. The number of amidine groups is 1. The number of nitrogens with two attached hydrogens (primary N) is 1. The molecule has 0 unspecified atom stereocenters. The first-order chi connectivity index (χ1) is 12.9. The van der Waals surface area contributed by atoms with E-state index in [1.807, 2.05) is 6.92 Å². The molecule has 1 aliphatic heterocycles. The van der Waals surface area contributed by atoms with Gasteiger partial charge in [-0.15, -0.1) is 0 Å². The molecule has 1 amide bonds. The maximum atomic E-state index is 12.4. The van der Waals surface area contributed by atoms with E-state index in [0.717, 1.165) is 6.42 Å². The highest BCUT2D eigenvalue weighted by atomic mass is 32.2. The first kappa shape index (κ1) is 19.0. The first-order valence-electron chi connectivity index (χ1n) is 8.20. The van der Waals surface area contributed by atoms with Crippen molar-refractivity contribution in [3.05, 3.63) is 42.1 Å². The van der Waals surface area contributed by atoms with Gasteiger partial charge in [-0.25, -0.2) is 19.4 Å². The number of aromatic nitrogens is 3. The van der Waals surface area contributed by atoms with Gasteiger partial charge in [0.2, 0.25) is 12.7 Å². The molecule has 3 heterocycles. The van der Waals surface area contributed by atoms with Crippen molar-refractivity contribution in [2.45, 2.75) is 31.1 Å². The summed E-state index contributed by atoms with van der Waals surface area (Å²) in [5, 5.41) is 3.59. The van der Waals surface area contributed by atoms with Gasteiger partial charge in [-0.2, -0.15) is 0 Å². The van der Waals surface area contributed by atoms with E-state index in [-0.39, 0.29) is 11.6 Å². The van der Waals surface area contributed by atoms with Crippen molar-refractivity contribution in [2.24, 2.45) is 10.7 Å². The normalized spacial score (nSPS) is 22.0. The van der Waals surface area contributed by atoms with Gasteiger partial charge in [-0.1, -0.05) is 18.7 Å². The smallest absolute Gasteiger partial charge is 0.275 e. The minimum atomic E-state index is -1.01. The predicted octanol–water partition coefficient (Wildman–Crippen LogP) is 2.48. The van der Waals surface area contributed by atoms with Gasteiger partial charge < -0.3 is 15.8 Å². The number of thioether (sulfide) groups is 1. The molecule has 27 heavy (non-hydrogen) atoms. The van der Waals surface area contributed by atoms with Crippen LogP contribution in [0.2, 0.25) is 0 Å². The molecule has 0 aliphatic carbocycles. The van der Waals surface area contributed by atoms with Crippen LogP contribution in [-0.2, 0) is 5.54 Å². The van der Waals surface area contributed by atoms with Crippen molar-refractivity contribution in [1.29, 1.82) is 0 Å². The van der Waals surface area contributed by atoms with E-state index in [9.17, 15) is 9.18 Å². The number of nitrogens with zero attached hydrogens (tertiary/aromatic N) is 4. The van der Waals surface area contributed by atoms with Crippen LogP contribution in [0.5, 0.6) is 5.88 Å². The summed E-state index contributed by atoms with van der Waals surface area (Å²) in [6, 6.07) is 3.44. The Bertz CT molecular complexity index is 863. The van der Waals surface area contributed by atoms with Crippen LogP contribution in [0.1, 0.15) is 36.5 Å². The van der Waals surface area contributed by atoms with Crippen LogP contribution in [0.4, 0.5) is 10.1 Å². The third-order valence-electron chi connectivity index (χ3n) is 4.00. The lowest BCUT2D eigenvalue weighted by atomic mass is 9.91. The highest BCUT2D eigenvalue weighted by Crippen LogP contribution is 2.38. The number of hydrogen-bond donors (Lipinski definition) is 2. The molecule has 2 aromatic heterocycles. The largest absolute Gasteiger partial charge is 0.445 e. The van der Waals surface area contributed by atoms with Crippen molar-refractivity contribution in [3.63, 3.8) is 0 Å². The Labute approximate surface area is 159 Å². The van der Waals surface area contributed by atoms with E-state index in [0.29, 0.717) is 21.8 Å². The van der Waals surface area contributed by atoms with Gasteiger partial charge >= 0.3 is 0 Å². The zero-order chi connectivity index (χ0) is 19.4. The fourth-order valence-electron chi connectivity index (χ4n) is 2.85. The van der Waals surface area contributed by atoms with Gasteiger partial charge in [0.1, 0.15) is 11.2 Å². The van der Waals surface area contributed by atoms with Crippen LogP contribution < -0.4 is 15.8 Å². The van der Waals surface area contributed by atoms with Crippen LogP contribution >= 0.6 is 11.8 Å². The van der Waals surface area contributed by atoms with Gasteiger partial charge in [0.15, 0.2) is 5.17 Å². The Morgan fingerprint density at radius 3 is 2.93 bits per heavy atom. The number of carbonyl (C=O) groups excluding carboxylic acids is 1. The van der Waals surface area contributed by atoms with E-state index >= 15 is 0 Å². The van der Waals surface area contributed by atoms with Crippen LogP contribution in [0.25, 0.3) is 0 Å². The van der Waals surface area contributed by atoms with E-state index in [1.165, 1.54) is 24.2 Å². The minimum absolute atomic E-state index is 0.00732. The summed E-state index contributed by atoms with van der Waals surface area (Å²) in [5.41, 5.74) is 6.73. The first-order valence-corrected chi connectivity index (χ1v) is 9.08. The number of pyridine rings is 1. The second-order valence-corrected chi connectivity index (χ2v) is 7.69. The average Bonchev–Trinajstić information content (AvgIpc) is 2.62. The van der Waals surface area contributed by atoms with E-state index < -0.39 is 18.3 Å². The Kier molecular flexibility index (Phi) is 5.54. The SMILES string of the molecule is C[C@@H]1C[C@@](C)(c2cc(NC(=O)c3cnc(OCF)cn3)ccn2)N=C(N)S1. The Morgan fingerprint density at radius 1 is 1.44 bits per heavy atom. The Hall–Kier alpha value is -2.75. The van der Waals surface area contributed by atoms with Crippen molar-refractivity contribution in [1.82, 2.24) is 15.0 Å². The van der Waals surface area contributed by atoms with Gasteiger partial charge in [0.25, 0.3) is 5.91 Å². The van der Waals surface area contributed by atoms with Gasteiger partial charge in [0, 0.05) is 17.1 Å². The summed E-state index contributed by atoms with van der Waals surface area (Å²) >= 11 is 1.54. The molecule has 3 N–H and O–H groups in total. The summed E-state index contributed by atoms with van der Waals surface area (Å²) in [6.45, 7) is 3.05. The van der Waals surface area contributed by atoms with E-state index in [1.54, 1.807) is 18.3 Å². The Balaban J connectivity index is 1.77. The fourth-order valence-corrected chi connectivity index (χ4v) is 3.92. The lowest BCUT2D eigenvalue weighted by Gasteiger charge is -2.32. The topological polar surface area (TPSA) is 115 Å². The second kappa shape index (κ2) is 7.87. The molecule has 10 heteroatoms. The molecule has 8 nitrogen and oxygen atoms in total. The number of nitrogens with one attached hydrogen (secondary N) is 1. The lowest BCUT2D eigenvalue weighted by molar-refractivity contribution is 0.102. The molecule has 142 valence electrons. The molecule has 0 saturated heterocycles. The van der Waals surface area contributed by atoms with Crippen LogP contribution in [0.15, 0.2) is 35.7 Å². The third kappa shape index (κ3) is 4.51. The number of carbonyl (C=O) groups is 1.